The maximum atomic E-state index is 12.8. The molecule has 1 unspecified atom stereocenters. The Morgan fingerprint density at radius 3 is 2.51 bits per heavy atom. The van der Waals surface area contributed by atoms with Crippen LogP contribution in [0.3, 0.4) is 0 Å². The first kappa shape index (κ1) is 26.4. The predicted molar refractivity (Wildman–Crippen MR) is 131 cm³/mol. The number of ketones is 1. The maximum absolute atomic E-state index is 12.8. The molecule has 186 valence electrons. The molecule has 0 amide bonds. The fourth-order valence-corrected chi connectivity index (χ4v) is 5.58. The number of cyclic esters (lactones) is 1. The average Bonchev–Trinajstić information content (AvgIpc) is 2.81. The Bertz CT molecular complexity index is 1180. The zero-order valence-corrected chi connectivity index (χ0v) is 20.9. The number of ether oxygens (including phenoxy) is 1. The molecule has 0 radical (unpaired) electrons. The van der Waals surface area contributed by atoms with Crippen molar-refractivity contribution < 1.29 is 22.7 Å². The van der Waals surface area contributed by atoms with Gasteiger partial charge in [-0.1, -0.05) is 38.8 Å². The number of nitrogens with one attached hydrogen (secondary N) is 1. The van der Waals surface area contributed by atoms with Crippen molar-refractivity contribution in [2.75, 3.05) is 4.72 Å². The molecule has 1 aliphatic rings. The standard InChI is InChI=1S/C26H31N3O5S/c1-3-13-26(14-4-2)16-23(30)22(25(31)34-26)10-6-8-19-7-5-9-21(15-19)29-35(32,33)24-12-11-20(17-27)18-28-24/h5,7,9,11-12,15,18,22,29H,3-4,6,8,10,13-14,16H2,1-2H3. The molecule has 1 aliphatic heterocycles. The lowest BCUT2D eigenvalue weighted by Crippen LogP contribution is -2.47. The van der Waals surface area contributed by atoms with Gasteiger partial charge >= 0.3 is 5.97 Å². The van der Waals surface area contributed by atoms with Gasteiger partial charge < -0.3 is 4.74 Å². The quantitative estimate of drug-likeness (QED) is 0.356. The molecule has 0 bridgehead atoms. The number of hydrogen-bond donors (Lipinski definition) is 1. The zero-order valence-electron chi connectivity index (χ0n) is 20.1. The van der Waals surface area contributed by atoms with Crippen LogP contribution < -0.4 is 4.72 Å². The number of esters is 1. The molecule has 2 aromatic rings. The van der Waals surface area contributed by atoms with Crippen molar-refractivity contribution in [3.05, 3.63) is 53.7 Å². The number of aromatic nitrogens is 1. The van der Waals surface area contributed by atoms with Crippen LogP contribution in [0, 0.1) is 17.2 Å². The van der Waals surface area contributed by atoms with Gasteiger partial charge in [0.05, 0.1) is 5.56 Å². The second kappa shape index (κ2) is 11.5. The number of pyridine rings is 1. The van der Waals surface area contributed by atoms with Gasteiger partial charge in [-0.3, -0.25) is 14.3 Å². The van der Waals surface area contributed by atoms with Gasteiger partial charge in [0, 0.05) is 18.3 Å². The Hall–Kier alpha value is -3.25. The number of hydrogen-bond acceptors (Lipinski definition) is 7. The minimum Gasteiger partial charge on any atom is -0.458 e. The highest BCUT2D eigenvalue weighted by Gasteiger charge is 2.45. The topological polar surface area (TPSA) is 126 Å². The minimum absolute atomic E-state index is 0.0421. The zero-order chi connectivity index (χ0) is 25.5. The van der Waals surface area contributed by atoms with Crippen LogP contribution in [-0.2, 0) is 30.8 Å². The Balaban J connectivity index is 1.59. The first-order valence-electron chi connectivity index (χ1n) is 12.0. The first-order chi connectivity index (χ1) is 16.7. The van der Waals surface area contributed by atoms with E-state index in [-0.39, 0.29) is 22.8 Å². The third-order valence-electron chi connectivity index (χ3n) is 6.18. The maximum Gasteiger partial charge on any atom is 0.317 e. The molecule has 1 fully saturated rings. The monoisotopic (exact) mass is 497 g/mol. The van der Waals surface area contributed by atoms with Crippen molar-refractivity contribution in [1.29, 1.82) is 5.26 Å². The van der Waals surface area contributed by atoms with Gasteiger partial charge in [0.25, 0.3) is 10.0 Å². The highest BCUT2D eigenvalue weighted by Crippen LogP contribution is 2.36. The molecule has 8 nitrogen and oxygen atoms in total. The molecule has 0 spiro atoms. The lowest BCUT2D eigenvalue weighted by Gasteiger charge is -2.38. The summed E-state index contributed by atoms with van der Waals surface area (Å²) in [5, 5.41) is 8.67. The summed E-state index contributed by atoms with van der Waals surface area (Å²) < 4.78 is 33.5. The van der Waals surface area contributed by atoms with Gasteiger partial charge in [-0.15, -0.1) is 0 Å². The van der Waals surface area contributed by atoms with Crippen LogP contribution in [-0.4, -0.2) is 30.8 Å². The smallest absolute Gasteiger partial charge is 0.317 e. The second-order valence-electron chi connectivity index (χ2n) is 8.99. The fourth-order valence-electron chi connectivity index (χ4n) is 4.60. The van der Waals surface area contributed by atoms with Crippen LogP contribution in [0.25, 0.3) is 0 Å². The van der Waals surface area contributed by atoms with Gasteiger partial charge in [0.1, 0.15) is 17.6 Å². The summed E-state index contributed by atoms with van der Waals surface area (Å²) in [6, 6.07) is 11.5. The van der Waals surface area contributed by atoms with Gasteiger partial charge in [0.2, 0.25) is 0 Å². The third kappa shape index (κ3) is 6.67. The molecule has 1 atom stereocenters. The molecule has 1 aromatic heterocycles. The number of carbonyl (C=O) groups excluding carboxylic acids is 2. The molecule has 1 saturated heterocycles. The number of nitrogens with zero attached hydrogens (tertiary/aromatic N) is 2. The molecular weight excluding hydrogens is 466 g/mol. The lowest BCUT2D eigenvalue weighted by molar-refractivity contribution is -0.179. The van der Waals surface area contributed by atoms with Crippen LogP contribution in [0.15, 0.2) is 47.6 Å². The Morgan fingerprint density at radius 1 is 1.17 bits per heavy atom. The van der Waals surface area contributed by atoms with Gasteiger partial charge in [-0.25, -0.2) is 4.98 Å². The van der Waals surface area contributed by atoms with Crippen LogP contribution in [0.2, 0.25) is 0 Å². The van der Waals surface area contributed by atoms with E-state index in [2.05, 4.69) is 9.71 Å². The fraction of sp³-hybridized carbons (Fsp3) is 0.462. The number of anilines is 1. The molecule has 0 aliphatic carbocycles. The molecule has 3 rings (SSSR count). The highest BCUT2D eigenvalue weighted by atomic mass is 32.2. The van der Waals surface area contributed by atoms with Crippen LogP contribution in [0.4, 0.5) is 5.69 Å². The number of aryl methyl sites for hydroxylation is 1. The van der Waals surface area contributed by atoms with Gasteiger partial charge in [-0.2, -0.15) is 13.7 Å². The number of Topliss-reactive ketones (excluding diaryl/α,β-unsaturated/α-hetero) is 1. The number of carbonyl (C=O) groups is 2. The Labute approximate surface area is 206 Å². The number of nitriles is 1. The predicted octanol–water partition coefficient (Wildman–Crippen LogP) is 4.55. The van der Waals surface area contributed by atoms with Crippen molar-refractivity contribution in [2.45, 2.75) is 75.8 Å². The second-order valence-corrected chi connectivity index (χ2v) is 10.6. The van der Waals surface area contributed by atoms with E-state index in [1.165, 1.54) is 18.3 Å². The molecule has 35 heavy (non-hydrogen) atoms. The molecule has 2 heterocycles. The van der Waals surface area contributed by atoms with Crippen LogP contribution in [0.5, 0.6) is 0 Å². The summed E-state index contributed by atoms with van der Waals surface area (Å²) in [6.45, 7) is 4.05. The van der Waals surface area contributed by atoms with E-state index in [1.807, 2.05) is 26.0 Å². The molecule has 9 heteroatoms. The molecule has 1 aromatic carbocycles. The van der Waals surface area contributed by atoms with Crippen molar-refractivity contribution in [1.82, 2.24) is 4.98 Å². The van der Waals surface area contributed by atoms with Crippen molar-refractivity contribution in [3.63, 3.8) is 0 Å². The lowest BCUT2D eigenvalue weighted by atomic mass is 9.80. The number of rotatable bonds is 11. The van der Waals surface area contributed by atoms with E-state index in [0.29, 0.717) is 37.8 Å². The van der Waals surface area contributed by atoms with Crippen LogP contribution >= 0.6 is 0 Å². The van der Waals surface area contributed by atoms with E-state index in [0.717, 1.165) is 18.4 Å². The minimum atomic E-state index is -3.90. The Morgan fingerprint density at radius 2 is 1.91 bits per heavy atom. The summed E-state index contributed by atoms with van der Waals surface area (Å²) in [5.41, 5.74) is 0.878. The van der Waals surface area contributed by atoms with Gasteiger partial charge in [-0.05, 0) is 61.9 Å². The molecule has 1 N–H and O–H groups in total. The highest BCUT2D eigenvalue weighted by molar-refractivity contribution is 7.92. The number of benzene rings is 1. The van der Waals surface area contributed by atoms with E-state index < -0.39 is 27.5 Å². The summed E-state index contributed by atoms with van der Waals surface area (Å²) in [6.07, 6.45) is 6.17. The summed E-state index contributed by atoms with van der Waals surface area (Å²) in [5.74, 6) is -1.19. The summed E-state index contributed by atoms with van der Waals surface area (Å²) in [7, 11) is -3.90. The Kier molecular flexibility index (Phi) is 8.62. The third-order valence-corrected chi connectivity index (χ3v) is 7.47. The normalized spacial score (nSPS) is 17.5. The molecular formula is C26H31N3O5S. The summed E-state index contributed by atoms with van der Waals surface area (Å²) in [4.78, 5) is 29.3. The van der Waals surface area contributed by atoms with E-state index in [4.69, 9.17) is 10.00 Å². The van der Waals surface area contributed by atoms with E-state index in [1.54, 1.807) is 18.2 Å². The van der Waals surface area contributed by atoms with Crippen LogP contribution in [0.1, 0.15) is 69.9 Å². The SMILES string of the molecule is CCCC1(CCC)CC(=O)C(CCCc2cccc(NS(=O)(=O)c3ccc(C#N)cn3)c2)C(=O)O1. The first-order valence-corrected chi connectivity index (χ1v) is 13.4. The number of sulfonamides is 1. The van der Waals surface area contributed by atoms with Crippen molar-refractivity contribution >= 4 is 27.5 Å². The largest absolute Gasteiger partial charge is 0.458 e. The van der Waals surface area contributed by atoms with Crippen molar-refractivity contribution in [3.8, 4) is 6.07 Å². The average molecular weight is 498 g/mol. The summed E-state index contributed by atoms with van der Waals surface area (Å²) >= 11 is 0. The van der Waals surface area contributed by atoms with E-state index >= 15 is 0 Å². The van der Waals surface area contributed by atoms with Crippen molar-refractivity contribution in [2.24, 2.45) is 5.92 Å². The molecule has 0 saturated carbocycles. The van der Waals surface area contributed by atoms with E-state index in [9.17, 15) is 18.0 Å². The van der Waals surface area contributed by atoms with Gasteiger partial charge in [0.15, 0.2) is 10.8 Å².